The minimum Gasteiger partial charge on any atom is -0.229 e. The van der Waals surface area contributed by atoms with Gasteiger partial charge in [-0.25, -0.2) is 16.8 Å². The summed E-state index contributed by atoms with van der Waals surface area (Å²) in [4.78, 5) is 0.402. The van der Waals surface area contributed by atoms with Gasteiger partial charge in [-0.15, -0.1) is 0 Å². The van der Waals surface area contributed by atoms with Gasteiger partial charge in [-0.2, -0.15) is 4.31 Å². The van der Waals surface area contributed by atoms with Gasteiger partial charge in [0.1, 0.15) is 0 Å². The van der Waals surface area contributed by atoms with Crippen molar-refractivity contribution in [3.05, 3.63) is 40.3 Å². The summed E-state index contributed by atoms with van der Waals surface area (Å²) < 4.78 is 51.3. The molecule has 0 radical (unpaired) electrons. The smallest absolute Gasteiger partial charge is 0.229 e. The summed E-state index contributed by atoms with van der Waals surface area (Å²) in [5, 5.41) is 0. The van der Waals surface area contributed by atoms with Crippen molar-refractivity contribution in [3.8, 4) is 0 Å². The Morgan fingerprint density at radius 2 is 1.96 bits per heavy atom. The maximum absolute atomic E-state index is 13.1. The molecule has 0 spiro atoms. The fourth-order valence-corrected chi connectivity index (χ4v) is 7.24. The van der Waals surface area contributed by atoms with Crippen LogP contribution in [0.1, 0.15) is 37.3 Å². The Morgan fingerprint density at radius 1 is 1.21 bits per heavy atom. The van der Waals surface area contributed by atoms with Crippen molar-refractivity contribution in [2.24, 2.45) is 0 Å². The van der Waals surface area contributed by atoms with E-state index in [1.54, 1.807) is 6.08 Å². The van der Waals surface area contributed by atoms with Crippen LogP contribution in [-0.4, -0.2) is 45.2 Å². The Balaban J connectivity index is 1.94. The van der Waals surface area contributed by atoms with E-state index in [4.69, 9.17) is 0 Å². The average Bonchev–Trinajstić information content (AvgIpc) is 2.91. The van der Waals surface area contributed by atoms with Gasteiger partial charge in [-0.05, 0) is 42.9 Å². The van der Waals surface area contributed by atoms with Crippen molar-refractivity contribution in [2.75, 3.05) is 18.1 Å². The van der Waals surface area contributed by atoms with E-state index in [-0.39, 0.29) is 11.5 Å². The van der Waals surface area contributed by atoms with Gasteiger partial charge in [0.25, 0.3) is 0 Å². The number of aryl methyl sites for hydroxylation is 1. The molecular formula is C17H23NO4S2. The lowest BCUT2D eigenvalue weighted by Crippen LogP contribution is -2.42. The second kappa shape index (κ2) is 6.61. The molecule has 3 rings (SSSR count). The number of nitrogens with zero attached hydrogens (tertiary/aromatic N) is 1. The molecular weight excluding hydrogens is 346 g/mol. The number of hydrogen-bond acceptors (Lipinski definition) is 4. The van der Waals surface area contributed by atoms with Crippen molar-refractivity contribution in [3.63, 3.8) is 0 Å². The van der Waals surface area contributed by atoms with E-state index < -0.39 is 25.9 Å². The molecule has 0 amide bonds. The zero-order valence-corrected chi connectivity index (χ0v) is 15.4. The van der Waals surface area contributed by atoms with E-state index >= 15 is 0 Å². The van der Waals surface area contributed by atoms with Crippen LogP contribution < -0.4 is 0 Å². The second-order valence-electron chi connectivity index (χ2n) is 6.48. The van der Waals surface area contributed by atoms with Crippen LogP contribution in [0.4, 0.5) is 0 Å². The molecule has 0 N–H and O–H groups in total. The number of hydrogen-bond donors (Lipinski definition) is 0. The molecule has 1 aliphatic carbocycles. The van der Waals surface area contributed by atoms with Crippen LogP contribution in [0, 0.1) is 0 Å². The fraction of sp³-hybridized carbons (Fsp3) is 0.529. The van der Waals surface area contributed by atoms with E-state index in [1.807, 2.05) is 31.2 Å². The van der Waals surface area contributed by atoms with Crippen LogP contribution >= 0.6 is 0 Å². The Bertz CT molecular complexity index is 856. The van der Waals surface area contributed by atoms with E-state index in [2.05, 4.69) is 0 Å². The van der Waals surface area contributed by atoms with E-state index in [1.165, 1.54) is 4.31 Å². The monoisotopic (exact) mass is 369 g/mol. The highest BCUT2D eigenvalue weighted by molar-refractivity contribution is 7.93. The highest BCUT2D eigenvalue weighted by Crippen LogP contribution is 2.31. The van der Waals surface area contributed by atoms with Gasteiger partial charge in [0.05, 0.1) is 16.4 Å². The second-order valence-corrected chi connectivity index (χ2v) is 10.7. The van der Waals surface area contributed by atoms with Crippen molar-refractivity contribution < 1.29 is 16.8 Å². The molecule has 0 unspecified atom stereocenters. The lowest BCUT2D eigenvalue weighted by molar-refractivity contribution is 0.343. The first-order chi connectivity index (χ1) is 11.3. The first-order valence-electron chi connectivity index (χ1n) is 8.34. The highest BCUT2D eigenvalue weighted by Gasteiger charge is 2.39. The molecule has 1 aromatic carbocycles. The number of sulfone groups is 1. The van der Waals surface area contributed by atoms with Crippen molar-refractivity contribution in [1.29, 1.82) is 0 Å². The molecule has 1 fully saturated rings. The predicted molar refractivity (Wildman–Crippen MR) is 95.7 cm³/mol. The molecule has 0 aromatic heterocycles. The Labute approximate surface area is 144 Å². The summed E-state index contributed by atoms with van der Waals surface area (Å²) in [5.41, 5.74) is 2.10. The van der Waals surface area contributed by atoms with Crippen LogP contribution in [0.5, 0.6) is 0 Å². The standard InChI is InChI=1S/C17H23NO4S2/c1-2-10-18(16-9-11-23(19,20)13-16)24(21,22)17-8-7-14-5-3-4-6-15(14)12-17/h3-6,12,16H,2,7-11,13H2,1H3/t16-/m0/s1. The number of sulfonamides is 1. The van der Waals surface area contributed by atoms with Crippen molar-refractivity contribution in [1.82, 2.24) is 4.31 Å². The molecule has 1 saturated heterocycles. The molecule has 24 heavy (non-hydrogen) atoms. The third-order valence-corrected chi connectivity index (χ3v) is 8.55. The number of benzene rings is 1. The van der Waals surface area contributed by atoms with Gasteiger partial charge in [0, 0.05) is 12.6 Å². The minimum absolute atomic E-state index is 0.0594. The average molecular weight is 370 g/mol. The third-order valence-electron chi connectivity index (χ3n) is 4.71. The van der Waals surface area contributed by atoms with Crippen LogP contribution in [-0.2, 0) is 26.3 Å². The van der Waals surface area contributed by atoms with Gasteiger partial charge in [0.2, 0.25) is 10.0 Å². The molecule has 7 heteroatoms. The normalized spacial score (nSPS) is 23.1. The van der Waals surface area contributed by atoms with E-state index in [0.717, 1.165) is 11.1 Å². The van der Waals surface area contributed by atoms with Gasteiger partial charge >= 0.3 is 0 Å². The first kappa shape index (κ1) is 17.6. The van der Waals surface area contributed by atoms with Crippen molar-refractivity contribution in [2.45, 2.75) is 38.6 Å². The first-order valence-corrected chi connectivity index (χ1v) is 11.6. The quantitative estimate of drug-likeness (QED) is 0.798. The Morgan fingerprint density at radius 3 is 2.62 bits per heavy atom. The lowest BCUT2D eigenvalue weighted by atomic mass is 9.98. The summed E-state index contributed by atoms with van der Waals surface area (Å²) in [7, 11) is -6.76. The summed E-state index contributed by atoms with van der Waals surface area (Å²) in [5.74, 6) is 0.0192. The van der Waals surface area contributed by atoms with E-state index in [0.29, 0.717) is 37.1 Å². The third kappa shape index (κ3) is 3.43. The summed E-state index contributed by atoms with van der Waals surface area (Å²) in [6.45, 7) is 2.28. The largest absolute Gasteiger partial charge is 0.239 e. The predicted octanol–water partition coefficient (Wildman–Crippen LogP) is 2.20. The zero-order valence-electron chi connectivity index (χ0n) is 13.8. The summed E-state index contributed by atoms with van der Waals surface area (Å²) >= 11 is 0. The van der Waals surface area contributed by atoms with Crippen LogP contribution in [0.15, 0.2) is 29.2 Å². The molecule has 132 valence electrons. The lowest BCUT2D eigenvalue weighted by Gasteiger charge is -2.29. The molecule has 1 aromatic rings. The molecule has 2 aliphatic rings. The molecule has 5 nitrogen and oxygen atoms in total. The molecule has 1 heterocycles. The molecule has 1 aliphatic heterocycles. The zero-order chi connectivity index (χ0) is 17.4. The van der Waals surface area contributed by atoms with Gasteiger partial charge in [0.15, 0.2) is 9.84 Å². The Hall–Kier alpha value is -1.18. The van der Waals surface area contributed by atoms with Crippen LogP contribution in [0.2, 0.25) is 0 Å². The van der Waals surface area contributed by atoms with Crippen molar-refractivity contribution >= 4 is 25.9 Å². The summed E-state index contributed by atoms with van der Waals surface area (Å²) in [6.07, 6.45) is 3.98. The maximum Gasteiger partial charge on any atom is 0.239 e. The van der Waals surface area contributed by atoms with Gasteiger partial charge < -0.3 is 0 Å². The number of fused-ring (bicyclic) bond motifs is 1. The SMILES string of the molecule is CCCN([C@H]1CCS(=O)(=O)C1)S(=O)(=O)C1=Cc2ccccc2CC1. The minimum atomic E-state index is -3.63. The number of rotatable bonds is 5. The van der Waals surface area contributed by atoms with Crippen LogP contribution in [0.3, 0.4) is 0 Å². The number of allylic oxidation sites excluding steroid dienone is 1. The molecule has 0 bridgehead atoms. The van der Waals surface area contributed by atoms with Gasteiger partial charge in [-0.1, -0.05) is 31.2 Å². The summed E-state index contributed by atoms with van der Waals surface area (Å²) in [6, 6.07) is 7.37. The molecule has 0 saturated carbocycles. The fourth-order valence-electron chi connectivity index (χ4n) is 3.48. The van der Waals surface area contributed by atoms with Crippen LogP contribution in [0.25, 0.3) is 6.08 Å². The molecule has 1 atom stereocenters. The maximum atomic E-state index is 13.1. The highest BCUT2D eigenvalue weighted by atomic mass is 32.2. The Kier molecular flexibility index (Phi) is 4.86. The van der Waals surface area contributed by atoms with Gasteiger partial charge in [-0.3, -0.25) is 0 Å². The van der Waals surface area contributed by atoms with E-state index in [9.17, 15) is 16.8 Å². The topological polar surface area (TPSA) is 71.5 Å².